The number of rotatable bonds is 0. The van der Waals surface area contributed by atoms with Crippen LogP contribution in [0.1, 0.15) is 40.0 Å². The van der Waals surface area contributed by atoms with Crippen LogP contribution in [-0.2, 0) is 0 Å². The van der Waals surface area contributed by atoms with Crippen molar-refractivity contribution < 1.29 is 10.6 Å². The molecule has 0 aromatic rings. The summed E-state index contributed by atoms with van der Waals surface area (Å²) in [7, 11) is 0. The molecule has 2 bridgehead atoms. The molecule has 0 amide bonds. The van der Waals surface area contributed by atoms with Gasteiger partial charge in [0.15, 0.2) is 0 Å². The van der Waals surface area contributed by atoms with E-state index in [2.05, 4.69) is 20.8 Å². The summed E-state index contributed by atoms with van der Waals surface area (Å²) in [6.07, 6.45) is 3.61. The Kier molecular flexibility index (Phi) is 2.05. The van der Waals surface area contributed by atoms with E-state index in [1.165, 1.54) is 12.8 Å². The normalized spacial score (nSPS) is 49.0. The Labute approximate surface area is 74.3 Å². The molecule has 12 heavy (non-hydrogen) atoms. The quantitative estimate of drug-likeness (QED) is 0.589. The van der Waals surface area contributed by atoms with E-state index in [4.69, 9.17) is 0 Å². The van der Waals surface area contributed by atoms with Gasteiger partial charge < -0.3 is 10.6 Å². The first-order valence-corrected chi connectivity index (χ1v) is 4.71. The van der Waals surface area contributed by atoms with Crippen molar-refractivity contribution in [3.63, 3.8) is 0 Å². The fourth-order valence-electron chi connectivity index (χ4n) is 3.11. The molecule has 2 nitrogen and oxygen atoms in total. The summed E-state index contributed by atoms with van der Waals surface area (Å²) in [5.41, 5.74) is -0.124. The molecular weight excluding hydrogens is 152 g/mol. The maximum atomic E-state index is 10.2. The Morgan fingerprint density at radius 3 is 2.17 bits per heavy atom. The Morgan fingerprint density at radius 1 is 1.25 bits per heavy atom. The van der Waals surface area contributed by atoms with Crippen molar-refractivity contribution in [3.8, 4) is 0 Å². The highest BCUT2D eigenvalue weighted by Crippen LogP contribution is 2.63. The summed E-state index contributed by atoms with van der Waals surface area (Å²) < 4.78 is 0. The molecule has 0 aromatic heterocycles. The van der Waals surface area contributed by atoms with Crippen LogP contribution in [0.15, 0.2) is 0 Å². The van der Waals surface area contributed by atoms with E-state index in [1.54, 1.807) is 0 Å². The van der Waals surface area contributed by atoms with Crippen LogP contribution in [0.5, 0.6) is 0 Å². The van der Waals surface area contributed by atoms with Crippen LogP contribution >= 0.6 is 0 Å². The Morgan fingerprint density at radius 2 is 1.83 bits per heavy atom. The zero-order valence-electron chi connectivity index (χ0n) is 8.22. The second kappa shape index (κ2) is 2.46. The molecule has 2 unspecified atom stereocenters. The Balaban J connectivity index is 0.000000720. The molecule has 0 spiro atoms. The first-order chi connectivity index (χ1) is 4.98. The van der Waals surface area contributed by atoms with Crippen LogP contribution in [0.2, 0.25) is 0 Å². The van der Waals surface area contributed by atoms with Crippen molar-refractivity contribution >= 4 is 0 Å². The molecule has 0 radical (unpaired) electrons. The highest BCUT2D eigenvalue weighted by molar-refractivity contribution is 5.13. The standard InChI is InChI=1S/C10H18O.H2O/c1-7-4-5-8-6-10(7,11)9(8,2)3;/h7-8,11H,4-6H2,1-3H3;1H2/t7?,8?,10-;/m1./s1. The molecule has 3 fully saturated rings. The van der Waals surface area contributed by atoms with Gasteiger partial charge in [0.25, 0.3) is 0 Å². The van der Waals surface area contributed by atoms with E-state index in [0.717, 1.165) is 12.3 Å². The molecule has 72 valence electrons. The molecule has 3 atom stereocenters. The van der Waals surface area contributed by atoms with Gasteiger partial charge in [-0.25, -0.2) is 0 Å². The van der Waals surface area contributed by atoms with Crippen LogP contribution in [0.25, 0.3) is 0 Å². The van der Waals surface area contributed by atoms with Gasteiger partial charge in [-0.1, -0.05) is 20.8 Å². The first kappa shape index (κ1) is 10.0. The van der Waals surface area contributed by atoms with E-state index in [1.807, 2.05) is 0 Å². The average molecular weight is 172 g/mol. The van der Waals surface area contributed by atoms with Crippen molar-refractivity contribution in [1.29, 1.82) is 0 Å². The third kappa shape index (κ3) is 0.826. The molecule has 3 aliphatic rings. The third-order valence-corrected chi connectivity index (χ3v) is 4.46. The molecule has 3 saturated carbocycles. The minimum Gasteiger partial charge on any atom is -0.412 e. The van der Waals surface area contributed by atoms with Crippen LogP contribution in [0.3, 0.4) is 0 Å². The molecule has 3 aliphatic carbocycles. The number of aliphatic hydroxyl groups is 1. The fourth-order valence-corrected chi connectivity index (χ4v) is 3.11. The molecule has 2 heteroatoms. The molecule has 0 heterocycles. The molecule has 3 rings (SSSR count). The monoisotopic (exact) mass is 172 g/mol. The van der Waals surface area contributed by atoms with Gasteiger partial charge in [0.2, 0.25) is 0 Å². The molecule has 0 aromatic carbocycles. The van der Waals surface area contributed by atoms with E-state index < -0.39 is 0 Å². The van der Waals surface area contributed by atoms with E-state index in [0.29, 0.717) is 5.92 Å². The maximum absolute atomic E-state index is 10.2. The van der Waals surface area contributed by atoms with Crippen LogP contribution in [0.4, 0.5) is 0 Å². The topological polar surface area (TPSA) is 51.7 Å². The lowest BCUT2D eigenvalue weighted by Crippen LogP contribution is -2.66. The lowest BCUT2D eigenvalue weighted by atomic mass is 9.43. The molecule has 0 aliphatic heterocycles. The summed E-state index contributed by atoms with van der Waals surface area (Å²) in [6.45, 7) is 6.63. The largest absolute Gasteiger partial charge is 0.412 e. The van der Waals surface area contributed by atoms with E-state index in [9.17, 15) is 5.11 Å². The average Bonchev–Trinajstić information content (AvgIpc) is 1.94. The highest BCUT2D eigenvalue weighted by Gasteiger charge is 2.63. The summed E-state index contributed by atoms with van der Waals surface area (Å²) in [4.78, 5) is 0. The third-order valence-electron chi connectivity index (χ3n) is 4.46. The van der Waals surface area contributed by atoms with Gasteiger partial charge in [-0.05, 0) is 36.5 Å². The predicted octanol–water partition coefficient (Wildman–Crippen LogP) is 1.37. The van der Waals surface area contributed by atoms with Crippen LogP contribution < -0.4 is 0 Å². The van der Waals surface area contributed by atoms with Gasteiger partial charge >= 0.3 is 0 Å². The Bertz CT molecular complexity index is 188. The predicted molar refractivity (Wildman–Crippen MR) is 48.8 cm³/mol. The van der Waals surface area contributed by atoms with Crippen molar-refractivity contribution in [3.05, 3.63) is 0 Å². The zero-order chi connectivity index (χ0) is 8.28. The van der Waals surface area contributed by atoms with Gasteiger partial charge in [-0.2, -0.15) is 0 Å². The minimum atomic E-state index is -0.323. The number of hydrogen-bond acceptors (Lipinski definition) is 1. The molecule has 0 saturated heterocycles. The lowest BCUT2D eigenvalue weighted by molar-refractivity contribution is -0.251. The Hall–Kier alpha value is -0.0800. The summed E-state index contributed by atoms with van der Waals surface area (Å²) in [5.74, 6) is 1.31. The number of hydrogen-bond donors (Lipinski definition) is 1. The van der Waals surface area contributed by atoms with E-state index in [-0.39, 0.29) is 16.5 Å². The van der Waals surface area contributed by atoms with Gasteiger partial charge in [0, 0.05) is 0 Å². The van der Waals surface area contributed by atoms with Crippen LogP contribution in [0, 0.1) is 17.3 Å². The van der Waals surface area contributed by atoms with Crippen molar-refractivity contribution in [2.75, 3.05) is 0 Å². The van der Waals surface area contributed by atoms with E-state index >= 15 is 0 Å². The fraction of sp³-hybridized carbons (Fsp3) is 1.00. The summed E-state index contributed by atoms with van der Waals surface area (Å²) in [6, 6.07) is 0. The summed E-state index contributed by atoms with van der Waals surface area (Å²) in [5, 5.41) is 10.2. The molecule has 3 N–H and O–H groups in total. The van der Waals surface area contributed by atoms with Crippen molar-refractivity contribution in [2.45, 2.75) is 45.6 Å². The second-order valence-corrected chi connectivity index (χ2v) is 5.03. The smallest absolute Gasteiger partial charge is 0.0729 e. The van der Waals surface area contributed by atoms with Crippen molar-refractivity contribution in [1.82, 2.24) is 0 Å². The highest BCUT2D eigenvalue weighted by atomic mass is 16.3. The SMILES string of the molecule is CC1CCC2C[C@]1(O)C2(C)C.O. The zero-order valence-corrected chi connectivity index (χ0v) is 8.22. The number of fused-ring (bicyclic) bond motifs is 2. The van der Waals surface area contributed by atoms with Crippen molar-refractivity contribution in [2.24, 2.45) is 17.3 Å². The molecular formula is C10H20O2. The maximum Gasteiger partial charge on any atom is 0.0729 e. The van der Waals surface area contributed by atoms with Gasteiger partial charge in [-0.15, -0.1) is 0 Å². The van der Waals surface area contributed by atoms with Crippen LogP contribution in [-0.4, -0.2) is 16.2 Å². The van der Waals surface area contributed by atoms with Gasteiger partial charge in [0.1, 0.15) is 0 Å². The lowest BCUT2D eigenvalue weighted by Gasteiger charge is -2.65. The van der Waals surface area contributed by atoms with Gasteiger partial charge in [-0.3, -0.25) is 0 Å². The summed E-state index contributed by atoms with van der Waals surface area (Å²) >= 11 is 0. The minimum absolute atomic E-state index is 0. The first-order valence-electron chi connectivity index (χ1n) is 4.71. The second-order valence-electron chi connectivity index (χ2n) is 5.03. The van der Waals surface area contributed by atoms with Gasteiger partial charge in [0.05, 0.1) is 5.60 Å².